The minimum Gasteiger partial charge on any atom is -0.462 e. The zero-order valence-corrected chi connectivity index (χ0v) is 20.8. The van der Waals surface area contributed by atoms with Crippen molar-refractivity contribution in [1.29, 1.82) is 0 Å². The zero-order chi connectivity index (χ0) is 23.8. The molecule has 0 radical (unpaired) electrons. The number of hydrogen-bond acceptors (Lipinski definition) is 9. The smallest absolute Gasteiger partial charge is 0.343 e. The molecule has 10 heteroatoms. The average Bonchev–Trinajstić information content (AvgIpc) is 3.55. The molecule has 5 aromatic rings. The summed E-state index contributed by atoms with van der Waals surface area (Å²) in [5.74, 6) is 0.560. The average molecular weight is 491 g/mol. The number of aryl methyl sites for hydroxylation is 3. The van der Waals surface area contributed by atoms with Crippen molar-refractivity contribution in [2.24, 2.45) is 0 Å². The monoisotopic (exact) mass is 490 g/mol. The van der Waals surface area contributed by atoms with Gasteiger partial charge in [-0.15, -0.1) is 21.5 Å². The van der Waals surface area contributed by atoms with E-state index in [4.69, 9.17) is 9.72 Å². The fraction of sp³-hybridized carbons (Fsp3) is 0.208. The fourth-order valence-corrected chi connectivity index (χ4v) is 5.35. The lowest BCUT2D eigenvalue weighted by molar-refractivity contribution is 0.0527. The molecule has 0 bridgehead atoms. The lowest BCUT2D eigenvalue weighted by atomic mass is 10.0. The van der Waals surface area contributed by atoms with Crippen LogP contribution in [0, 0.1) is 20.8 Å². The number of carbonyl (C=O) groups is 1. The van der Waals surface area contributed by atoms with Gasteiger partial charge in [-0.3, -0.25) is 0 Å². The number of carbonyl (C=O) groups excluding carboxylic acids is 1. The summed E-state index contributed by atoms with van der Waals surface area (Å²) in [7, 11) is 0. The number of esters is 1. The molecule has 4 aromatic heterocycles. The zero-order valence-electron chi connectivity index (χ0n) is 19.1. The minimum atomic E-state index is -0.469. The number of hydrogen-bond donors (Lipinski definition) is 1. The molecule has 1 aromatic carbocycles. The van der Waals surface area contributed by atoms with Crippen molar-refractivity contribution in [1.82, 2.24) is 25.0 Å². The number of ether oxygens (including phenoxy) is 1. The summed E-state index contributed by atoms with van der Waals surface area (Å²) in [6, 6.07) is 10.2. The minimum absolute atomic E-state index is 0.261. The Bertz CT molecular complexity index is 1500. The molecule has 0 unspecified atom stereocenters. The fourth-order valence-electron chi connectivity index (χ4n) is 3.81. The SMILES string of the molecule is CCOC(=O)c1cnn(-c2cc(C)c3cc(C)cc(C)c3n2)c1Nc1nnc(-c2cccs2)s1. The van der Waals surface area contributed by atoms with Gasteiger partial charge in [0.2, 0.25) is 5.13 Å². The Morgan fingerprint density at radius 3 is 2.76 bits per heavy atom. The number of nitrogens with zero attached hydrogens (tertiary/aromatic N) is 5. The number of fused-ring (bicyclic) bond motifs is 1. The topological polar surface area (TPSA) is 94.8 Å². The second-order valence-electron chi connectivity index (χ2n) is 7.83. The molecule has 172 valence electrons. The molecular weight excluding hydrogens is 468 g/mol. The molecule has 0 fully saturated rings. The van der Waals surface area contributed by atoms with E-state index in [0.717, 1.165) is 31.9 Å². The summed E-state index contributed by atoms with van der Waals surface area (Å²) in [4.78, 5) is 18.6. The summed E-state index contributed by atoms with van der Waals surface area (Å²) in [6.07, 6.45) is 1.49. The summed E-state index contributed by atoms with van der Waals surface area (Å²) in [5, 5.41) is 20.7. The lowest BCUT2D eigenvalue weighted by Gasteiger charge is -2.13. The van der Waals surface area contributed by atoms with Gasteiger partial charge in [-0.2, -0.15) is 9.78 Å². The third-order valence-corrected chi connectivity index (χ3v) is 7.18. The second kappa shape index (κ2) is 8.96. The quantitative estimate of drug-likeness (QED) is 0.299. The highest BCUT2D eigenvalue weighted by Crippen LogP contribution is 2.33. The van der Waals surface area contributed by atoms with Gasteiger partial charge in [-0.25, -0.2) is 9.78 Å². The Morgan fingerprint density at radius 1 is 1.15 bits per heavy atom. The van der Waals surface area contributed by atoms with Gasteiger partial charge in [0.15, 0.2) is 16.6 Å². The standard InChI is InChI=1S/C24H22N6O2S2/c1-5-32-23(31)17-12-25-30(19-11-14(3)16-10-13(2)9-15(4)20(16)26-19)21(17)27-24-29-28-22(34-24)18-7-6-8-33-18/h6-12H,5H2,1-4H3,(H,27,29). The molecule has 34 heavy (non-hydrogen) atoms. The number of aromatic nitrogens is 5. The first-order valence-corrected chi connectivity index (χ1v) is 12.4. The number of rotatable bonds is 6. The second-order valence-corrected chi connectivity index (χ2v) is 9.75. The highest BCUT2D eigenvalue weighted by Gasteiger charge is 2.22. The van der Waals surface area contributed by atoms with Crippen LogP contribution in [-0.4, -0.2) is 37.5 Å². The summed E-state index contributed by atoms with van der Waals surface area (Å²) in [5.41, 5.74) is 4.54. The number of benzene rings is 1. The molecule has 0 aliphatic carbocycles. The highest BCUT2D eigenvalue weighted by atomic mass is 32.1. The van der Waals surface area contributed by atoms with Crippen molar-refractivity contribution in [3.05, 3.63) is 64.2 Å². The molecule has 0 amide bonds. The molecule has 0 atom stereocenters. The van der Waals surface area contributed by atoms with Crippen molar-refractivity contribution in [3.63, 3.8) is 0 Å². The first-order valence-electron chi connectivity index (χ1n) is 10.7. The van der Waals surface area contributed by atoms with Crippen LogP contribution in [0.4, 0.5) is 10.9 Å². The molecular formula is C24H22N6O2S2. The Balaban J connectivity index is 1.62. The van der Waals surface area contributed by atoms with E-state index in [-0.39, 0.29) is 6.61 Å². The van der Waals surface area contributed by atoms with Crippen LogP contribution in [0.15, 0.2) is 41.9 Å². The molecule has 1 N–H and O–H groups in total. The van der Waals surface area contributed by atoms with E-state index in [2.05, 4.69) is 39.7 Å². The molecule has 0 aliphatic heterocycles. The maximum atomic E-state index is 12.7. The maximum absolute atomic E-state index is 12.7. The molecule has 0 spiro atoms. The third-order valence-electron chi connectivity index (χ3n) is 5.31. The molecule has 4 heterocycles. The van der Waals surface area contributed by atoms with E-state index in [0.29, 0.717) is 22.3 Å². The van der Waals surface area contributed by atoms with Gasteiger partial charge in [0, 0.05) is 5.39 Å². The van der Waals surface area contributed by atoms with Gasteiger partial charge in [-0.1, -0.05) is 29.0 Å². The molecule has 8 nitrogen and oxygen atoms in total. The van der Waals surface area contributed by atoms with Gasteiger partial charge in [0.25, 0.3) is 0 Å². The number of pyridine rings is 1. The van der Waals surface area contributed by atoms with Gasteiger partial charge in [0.05, 0.1) is 23.2 Å². The van der Waals surface area contributed by atoms with Crippen molar-refractivity contribution < 1.29 is 9.53 Å². The Labute approximate surface area is 204 Å². The molecule has 5 rings (SSSR count). The number of thiophene rings is 1. The normalized spacial score (nSPS) is 11.2. The van der Waals surface area contributed by atoms with E-state index in [1.54, 1.807) is 22.9 Å². The van der Waals surface area contributed by atoms with Crippen molar-refractivity contribution in [2.45, 2.75) is 27.7 Å². The predicted octanol–water partition coefficient (Wildman–Crippen LogP) is 5.85. The van der Waals surface area contributed by atoms with Crippen LogP contribution < -0.4 is 5.32 Å². The lowest BCUT2D eigenvalue weighted by Crippen LogP contribution is -2.10. The van der Waals surface area contributed by atoms with Crippen LogP contribution in [0.5, 0.6) is 0 Å². The number of anilines is 2. The number of nitrogens with one attached hydrogen (secondary N) is 1. The summed E-state index contributed by atoms with van der Waals surface area (Å²) in [6.45, 7) is 8.20. The molecule has 0 saturated heterocycles. The van der Waals surface area contributed by atoms with Crippen LogP contribution in [0.3, 0.4) is 0 Å². The van der Waals surface area contributed by atoms with E-state index in [1.165, 1.54) is 23.1 Å². The first kappa shape index (κ1) is 22.2. The van der Waals surface area contributed by atoms with Gasteiger partial charge in [0.1, 0.15) is 5.56 Å². The van der Waals surface area contributed by atoms with E-state index in [1.807, 2.05) is 37.4 Å². The Hall–Kier alpha value is -3.63. The predicted molar refractivity (Wildman–Crippen MR) is 136 cm³/mol. The molecule has 0 saturated carbocycles. The van der Waals surface area contributed by atoms with E-state index < -0.39 is 5.97 Å². The highest BCUT2D eigenvalue weighted by molar-refractivity contribution is 7.23. The van der Waals surface area contributed by atoms with Crippen molar-refractivity contribution >= 4 is 50.5 Å². The van der Waals surface area contributed by atoms with Crippen LogP contribution in [0.2, 0.25) is 0 Å². The van der Waals surface area contributed by atoms with Gasteiger partial charge >= 0.3 is 5.97 Å². The van der Waals surface area contributed by atoms with E-state index >= 15 is 0 Å². The Morgan fingerprint density at radius 2 is 2.00 bits per heavy atom. The molecule has 0 aliphatic rings. The first-order chi connectivity index (χ1) is 16.4. The third kappa shape index (κ3) is 4.06. The van der Waals surface area contributed by atoms with Crippen LogP contribution in [0.1, 0.15) is 34.0 Å². The maximum Gasteiger partial charge on any atom is 0.343 e. The van der Waals surface area contributed by atoms with Crippen LogP contribution in [-0.2, 0) is 4.74 Å². The van der Waals surface area contributed by atoms with Crippen molar-refractivity contribution in [3.8, 4) is 15.7 Å². The van der Waals surface area contributed by atoms with Crippen LogP contribution in [0.25, 0.3) is 26.6 Å². The largest absolute Gasteiger partial charge is 0.462 e. The van der Waals surface area contributed by atoms with Crippen molar-refractivity contribution in [2.75, 3.05) is 11.9 Å². The van der Waals surface area contributed by atoms with Gasteiger partial charge < -0.3 is 10.1 Å². The Kier molecular flexibility index (Phi) is 5.84. The summed E-state index contributed by atoms with van der Waals surface area (Å²) >= 11 is 3.00. The summed E-state index contributed by atoms with van der Waals surface area (Å²) < 4.78 is 6.88. The van der Waals surface area contributed by atoms with E-state index in [9.17, 15) is 4.79 Å². The van der Waals surface area contributed by atoms with Gasteiger partial charge in [-0.05, 0) is 62.4 Å². The van der Waals surface area contributed by atoms with Crippen LogP contribution >= 0.6 is 22.7 Å².